The van der Waals surface area contributed by atoms with Gasteiger partial charge in [-0.2, -0.15) is 0 Å². The van der Waals surface area contributed by atoms with Gasteiger partial charge in [-0.3, -0.25) is 10.1 Å². The van der Waals surface area contributed by atoms with Crippen LogP contribution in [0, 0.1) is 0 Å². The summed E-state index contributed by atoms with van der Waals surface area (Å²) < 4.78 is 5.38. The topological polar surface area (TPSA) is 76.1 Å². The normalized spacial score (nSPS) is 17.6. The van der Waals surface area contributed by atoms with Crippen LogP contribution in [0.1, 0.15) is 0 Å². The second-order valence-electron chi connectivity index (χ2n) is 4.48. The van der Waals surface area contributed by atoms with Crippen molar-refractivity contribution in [1.82, 2.24) is 15.5 Å². The highest BCUT2D eigenvalue weighted by atomic mass is 35.5. The first-order valence-electron chi connectivity index (χ1n) is 6.45. The quantitative estimate of drug-likeness (QED) is 0.877. The molecular weight excluding hydrogens is 347 g/mol. The van der Waals surface area contributed by atoms with Crippen molar-refractivity contribution >= 4 is 46.4 Å². The van der Waals surface area contributed by atoms with Crippen LogP contribution in [0.3, 0.4) is 0 Å². The zero-order valence-corrected chi connectivity index (χ0v) is 13.8. The zero-order valence-electron chi connectivity index (χ0n) is 11.4. The van der Waals surface area contributed by atoms with E-state index in [0.717, 1.165) is 12.1 Å². The molecule has 0 bridgehead atoms. The van der Waals surface area contributed by atoms with E-state index < -0.39 is 6.10 Å². The van der Waals surface area contributed by atoms with Crippen LogP contribution in [0.25, 0.3) is 10.6 Å². The van der Waals surface area contributed by atoms with Crippen molar-refractivity contribution in [2.45, 2.75) is 6.10 Å². The summed E-state index contributed by atoms with van der Waals surface area (Å²) in [5.74, 6) is -0.212. The van der Waals surface area contributed by atoms with E-state index in [9.17, 15) is 4.79 Å². The molecule has 1 fully saturated rings. The van der Waals surface area contributed by atoms with Gasteiger partial charge in [0.05, 0.1) is 6.61 Å². The Morgan fingerprint density at radius 3 is 3.05 bits per heavy atom. The van der Waals surface area contributed by atoms with E-state index in [-0.39, 0.29) is 18.3 Å². The van der Waals surface area contributed by atoms with E-state index in [4.69, 9.17) is 16.3 Å². The van der Waals surface area contributed by atoms with Crippen molar-refractivity contribution in [3.05, 3.63) is 29.3 Å². The fraction of sp³-hybridized carbons (Fsp3) is 0.308. The van der Waals surface area contributed by atoms with Crippen molar-refractivity contribution in [3.63, 3.8) is 0 Å². The fourth-order valence-electron chi connectivity index (χ4n) is 1.93. The molecule has 118 valence electrons. The van der Waals surface area contributed by atoms with Gasteiger partial charge < -0.3 is 10.1 Å². The molecule has 1 aromatic heterocycles. The molecule has 0 saturated carbocycles. The summed E-state index contributed by atoms with van der Waals surface area (Å²) in [5.41, 5.74) is 0.871. The number of ether oxygens (including phenoxy) is 1. The van der Waals surface area contributed by atoms with Crippen LogP contribution >= 0.6 is 35.3 Å². The number of hydrogen-bond donors (Lipinski definition) is 2. The lowest BCUT2D eigenvalue weighted by Gasteiger charge is -2.21. The minimum absolute atomic E-state index is 0. The number of benzene rings is 1. The van der Waals surface area contributed by atoms with Crippen LogP contribution in [0.5, 0.6) is 0 Å². The van der Waals surface area contributed by atoms with Crippen LogP contribution in [0.4, 0.5) is 5.13 Å². The summed E-state index contributed by atoms with van der Waals surface area (Å²) in [7, 11) is 0. The molecule has 1 atom stereocenters. The number of nitrogens with one attached hydrogen (secondary N) is 2. The Labute approximate surface area is 142 Å². The SMILES string of the molecule is Cl.O=C(Nc1nnc(-c2cccc(Cl)c2)s1)C1CNCCO1. The second kappa shape index (κ2) is 7.85. The van der Waals surface area contributed by atoms with Crippen LogP contribution < -0.4 is 10.6 Å². The van der Waals surface area contributed by atoms with Gasteiger partial charge in [0.2, 0.25) is 5.13 Å². The van der Waals surface area contributed by atoms with E-state index in [1.165, 1.54) is 11.3 Å². The van der Waals surface area contributed by atoms with Crippen molar-refractivity contribution in [2.75, 3.05) is 25.0 Å². The monoisotopic (exact) mass is 360 g/mol. The lowest BCUT2D eigenvalue weighted by atomic mass is 10.2. The molecule has 6 nitrogen and oxygen atoms in total. The number of anilines is 1. The van der Waals surface area contributed by atoms with Gasteiger partial charge in [0, 0.05) is 23.7 Å². The maximum Gasteiger partial charge on any atom is 0.256 e. The number of morpholine rings is 1. The summed E-state index contributed by atoms with van der Waals surface area (Å²) in [6.45, 7) is 1.80. The average Bonchev–Trinajstić information content (AvgIpc) is 2.97. The molecule has 3 rings (SSSR count). The fourth-order valence-corrected chi connectivity index (χ4v) is 2.86. The Bertz CT molecular complexity index is 646. The Morgan fingerprint density at radius 1 is 1.45 bits per heavy atom. The Hall–Kier alpha value is -1.25. The smallest absolute Gasteiger partial charge is 0.256 e. The first kappa shape index (κ1) is 17.1. The summed E-state index contributed by atoms with van der Waals surface area (Å²) in [6, 6.07) is 7.34. The Balaban J connectivity index is 0.00000176. The molecule has 1 amide bonds. The first-order chi connectivity index (χ1) is 10.2. The van der Waals surface area contributed by atoms with E-state index in [2.05, 4.69) is 20.8 Å². The van der Waals surface area contributed by atoms with Crippen molar-refractivity contribution in [2.24, 2.45) is 0 Å². The number of nitrogens with zero attached hydrogens (tertiary/aromatic N) is 2. The lowest BCUT2D eigenvalue weighted by Crippen LogP contribution is -2.45. The third-order valence-corrected chi connectivity index (χ3v) is 4.07. The second-order valence-corrected chi connectivity index (χ2v) is 5.89. The van der Waals surface area contributed by atoms with Crippen molar-refractivity contribution < 1.29 is 9.53 Å². The minimum atomic E-state index is -0.489. The van der Waals surface area contributed by atoms with Crippen molar-refractivity contribution in [3.8, 4) is 10.6 Å². The number of carbonyl (C=O) groups is 1. The van der Waals surface area contributed by atoms with E-state index in [1.807, 2.05) is 18.2 Å². The van der Waals surface area contributed by atoms with Crippen molar-refractivity contribution in [1.29, 1.82) is 0 Å². The highest BCUT2D eigenvalue weighted by Crippen LogP contribution is 2.28. The molecule has 1 saturated heterocycles. The largest absolute Gasteiger partial charge is 0.366 e. The molecule has 0 spiro atoms. The number of rotatable bonds is 3. The summed E-state index contributed by atoms with van der Waals surface area (Å²) in [4.78, 5) is 12.0. The molecule has 0 radical (unpaired) electrons. The molecule has 2 heterocycles. The third kappa shape index (κ3) is 4.15. The molecule has 1 unspecified atom stereocenters. The Kier molecular flexibility index (Phi) is 6.10. The number of amides is 1. The van der Waals surface area contributed by atoms with Gasteiger partial charge in [-0.15, -0.1) is 22.6 Å². The average molecular weight is 361 g/mol. The summed E-state index contributed by atoms with van der Waals surface area (Å²) in [5, 5.41) is 15.7. The molecule has 2 N–H and O–H groups in total. The van der Waals surface area contributed by atoms with Gasteiger partial charge >= 0.3 is 0 Å². The van der Waals surface area contributed by atoms with Gasteiger partial charge in [0.1, 0.15) is 11.1 Å². The number of carbonyl (C=O) groups excluding carboxylic acids is 1. The van der Waals surface area contributed by atoms with Crippen LogP contribution in [-0.2, 0) is 9.53 Å². The lowest BCUT2D eigenvalue weighted by molar-refractivity contribution is -0.128. The number of hydrogen-bond acceptors (Lipinski definition) is 6. The van der Waals surface area contributed by atoms with Gasteiger partial charge in [-0.05, 0) is 12.1 Å². The molecule has 1 aliphatic heterocycles. The van der Waals surface area contributed by atoms with Gasteiger partial charge in [0.25, 0.3) is 5.91 Å². The number of halogens is 2. The molecule has 2 aromatic rings. The highest BCUT2D eigenvalue weighted by Gasteiger charge is 2.22. The maximum absolute atomic E-state index is 12.0. The number of aromatic nitrogens is 2. The molecule has 1 aromatic carbocycles. The predicted molar refractivity (Wildman–Crippen MR) is 88.8 cm³/mol. The first-order valence-corrected chi connectivity index (χ1v) is 7.64. The molecule has 1 aliphatic rings. The van der Waals surface area contributed by atoms with E-state index >= 15 is 0 Å². The van der Waals surface area contributed by atoms with Gasteiger partial charge in [-0.1, -0.05) is 35.1 Å². The van der Waals surface area contributed by atoms with Crippen LogP contribution in [-0.4, -0.2) is 41.9 Å². The highest BCUT2D eigenvalue weighted by molar-refractivity contribution is 7.18. The van der Waals surface area contributed by atoms with E-state index in [1.54, 1.807) is 6.07 Å². The molecule has 0 aliphatic carbocycles. The third-order valence-electron chi connectivity index (χ3n) is 2.95. The Morgan fingerprint density at radius 2 is 2.32 bits per heavy atom. The van der Waals surface area contributed by atoms with E-state index in [0.29, 0.717) is 28.3 Å². The zero-order chi connectivity index (χ0) is 14.7. The minimum Gasteiger partial charge on any atom is -0.366 e. The molecule has 22 heavy (non-hydrogen) atoms. The standard InChI is InChI=1S/C13H13ClN4O2S.ClH/c14-9-3-1-2-8(6-9)12-17-18-13(21-12)16-11(19)10-7-15-4-5-20-10;/h1-3,6,10,15H,4-5,7H2,(H,16,18,19);1H. The van der Waals surface area contributed by atoms with Gasteiger partial charge in [0.15, 0.2) is 0 Å². The predicted octanol–water partition coefficient (Wildman–Crippen LogP) is 2.21. The molecular formula is C13H14Cl2N4O2S. The maximum atomic E-state index is 12.0. The summed E-state index contributed by atoms with van der Waals surface area (Å²) in [6.07, 6.45) is -0.489. The molecule has 9 heteroatoms. The summed E-state index contributed by atoms with van der Waals surface area (Å²) >= 11 is 7.25. The van der Waals surface area contributed by atoms with Crippen LogP contribution in [0.15, 0.2) is 24.3 Å². The van der Waals surface area contributed by atoms with Gasteiger partial charge in [-0.25, -0.2) is 0 Å². The van der Waals surface area contributed by atoms with Crippen LogP contribution in [0.2, 0.25) is 5.02 Å².